The Morgan fingerprint density at radius 2 is 1.66 bits per heavy atom. The summed E-state index contributed by atoms with van der Waals surface area (Å²) in [5.74, 6) is 1.73. The van der Waals surface area contributed by atoms with Gasteiger partial charge in [0.15, 0.2) is 11.5 Å². The number of aromatic nitrogens is 1. The van der Waals surface area contributed by atoms with Gasteiger partial charge in [0.25, 0.3) is 5.91 Å². The highest BCUT2D eigenvalue weighted by Gasteiger charge is 2.14. The van der Waals surface area contributed by atoms with Gasteiger partial charge >= 0.3 is 0 Å². The Labute approximate surface area is 169 Å². The maximum atomic E-state index is 12.7. The highest BCUT2D eigenvalue weighted by atomic mass is 16.6. The summed E-state index contributed by atoms with van der Waals surface area (Å²) < 4.78 is 11.1. The second kappa shape index (κ2) is 7.83. The quantitative estimate of drug-likeness (QED) is 0.672. The van der Waals surface area contributed by atoms with Crippen molar-refractivity contribution in [2.24, 2.45) is 0 Å². The Morgan fingerprint density at radius 3 is 2.41 bits per heavy atom. The van der Waals surface area contributed by atoms with Crippen LogP contribution in [-0.4, -0.2) is 24.1 Å². The summed E-state index contributed by atoms with van der Waals surface area (Å²) in [6, 6.07) is 13.0. The number of anilines is 3. The molecule has 6 nitrogen and oxygen atoms in total. The number of nitrogens with one attached hydrogen (secondary N) is 2. The molecule has 4 rings (SSSR count). The van der Waals surface area contributed by atoms with Gasteiger partial charge in [-0.3, -0.25) is 4.79 Å². The summed E-state index contributed by atoms with van der Waals surface area (Å²) in [6.07, 6.45) is 1.62. The average molecular weight is 389 g/mol. The third kappa shape index (κ3) is 4.16. The van der Waals surface area contributed by atoms with Gasteiger partial charge in [0.2, 0.25) is 0 Å². The maximum absolute atomic E-state index is 12.7. The molecule has 2 aromatic carbocycles. The Bertz CT molecular complexity index is 1060. The lowest BCUT2D eigenvalue weighted by Gasteiger charge is -2.19. The van der Waals surface area contributed by atoms with Gasteiger partial charge in [-0.2, -0.15) is 0 Å². The second-order valence-electron chi connectivity index (χ2n) is 7.14. The average Bonchev–Trinajstić information content (AvgIpc) is 2.71. The van der Waals surface area contributed by atoms with Gasteiger partial charge in [0, 0.05) is 29.2 Å². The Hall–Kier alpha value is -3.54. The lowest BCUT2D eigenvalue weighted by molar-refractivity contribution is 0.102. The highest BCUT2D eigenvalue weighted by molar-refractivity contribution is 6.04. The molecule has 1 aromatic heterocycles. The van der Waals surface area contributed by atoms with Crippen LogP contribution < -0.4 is 20.1 Å². The van der Waals surface area contributed by atoms with E-state index < -0.39 is 0 Å². The van der Waals surface area contributed by atoms with Crippen molar-refractivity contribution in [1.29, 1.82) is 0 Å². The first-order valence-electron chi connectivity index (χ1n) is 9.51. The number of ether oxygens (including phenoxy) is 2. The number of carbonyl (C=O) groups excluding carboxylic acids is 1. The van der Waals surface area contributed by atoms with E-state index in [2.05, 4.69) is 48.5 Å². The van der Waals surface area contributed by atoms with Gasteiger partial charge in [-0.1, -0.05) is 17.7 Å². The topological polar surface area (TPSA) is 72.5 Å². The van der Waals surface area contributed by atoms with Crippen molar-refractivity contribution in [3.05, 3.63) is 70.9 Å². The molecule has 0 aliphatic carbocycles. The van der Waals surface area contributed by atoms with Crippen LogP contribution in [0.2, 0.25) is 0 Å². The predicted octanol–water partition coefficient (Wildman–Crippen LogP) is 4.77. The molecule has 0 bridgehead atoms. The van der Waals surface area contributed by atoms with E-state index in [9.17, 15) is 4.79 Å². The van der Waals surface area contributed by atoms with E-state index in [4.69, 9.17) is 9.47 Å². The molecule has 2 heterocycles. The number of aryl methyl sites for hydroxylation is 3. The van der Waals surface area contributed by atoms with Crippen LogP contribution in [0.4, 0.5) is 17.2 Å². The minimum atomic E-state index is -0.218. The number of rotatable bonds is 4. The van der Waals surface area contributed by atoms with Crippen molar-refractivity contribution in [3.63, 3.8) is 0 Å². The molecular weight excluding hydrogens is 366 g/mol. The predicted molar refractivity (Wildman–Crippen MR) is 114 cm³/mol. The smallest absolute Gasteiger partial charge is 0.255 e. The first-order chi connectivity index (χ1) is 14.0. The number of fused-ring (bicyclic) bond motifs is 1. The minimum absolute atomic E-state index is 0.218. The third-order valence-corrected chi connectivity index (χ3v) is 4.75. The van der Waals surface area contributed by atoms with Crippen LogP contribution in [0.25, 0.3) is 0 Å². The summed E-state index contributed by atoms with van der Waals surface area (Å²) in [6.45, 7) is 7.22. The summed E-state index contributed by atoms with van der Waals surface area (Å²) in [7, 11) is 0. The fourth-order valence-electron chi connectivity index (χ4n) is 3.47. The molecule has 0 saturated carbocycles. The zero-order valence-electron chi connectivity index (χ0n) is 16.7. The van der Waals surface area contributed by atoms with Crippen LogP contribution in [0.3, 0.4) is 0 Å². The fourth-order valence-corrected chi connectivity index (χ4v) is 3.47. The van der Waals surface area contributed by atoms with Crippen LogP contribution in [0, 0.1) is 20.8 Å². The SMILES string of the molecule is Cc1cc(C)c(Nc2cc(C(=O)Nc3ccc4c(c3)OCCO4)ccn2)c(C)c1. The summed E-state index contributed by atoms with van der Waals surface area (Å²) in [4.78, 5) is 17.1. The highest BCUT2D eigenvalue weighted by Crippen LogP contribution is 2.33. The molecule has 148 valence electrons. The van der Waals surface area contributed by atoms with E-state index in [1.807, 2.05) is 0 Å². The van der Waals surface area contributed by atoms with E-state index in [-0.39, 0.29) is 5.91 Å². The first-order valence-corrected chi connectivity index (χ1v) is 9.51. The molecule has 0 unspecified atom stereocenters. The van der Waals surface area contributed by atoms with Crippen molar-refractivity contribution in [2.45, 2.75) is 20.8 Å². The lowest BCUT2D eigenvalue weighted by Crippen LogP contribution is -2.16. The van der Waals surface area contributed by atoms with Crippen molar-refractivity contribution in [2.75, 3.05) is 23.8 Å². The summed E-state index contributed by atoms with van der Waals surface area (Å²) in [5, 5.41) is 6.24. The molecule has 2 N–H and O–H groups in total. The standard InChI is InChI=1S/C23H23N3O3/c1-14-10-15(2)22(16(3)11-14)26-21-12-17(6-7-24-21)23(27)25-18-4-5-19-20(13-18)29-9-8-28-19/h4-7,10-13H,8-9H2,1-3H3,(H,24,26)(H,25,27). The van der Waals surface area contributed by atoms with Gasteiger partial charge in [0.1, 0.15) is 19.0 Å². The molecule has 1 amide bonds. The molecular formula is C23H23N3O3. The lowest BCUT2D eigenvalue weighted by atomic mass is 10.1. The van der Waals surface area contributed by atoms with Crippen molar-refractivity contribution in [1.82, 2.24) is 4.98 Å². The van der Waals surface area contributed by atoms with Gasteiger partial charge in [0.05, 0.1) is 0 Å². The van der Waals surface area contributed by atoms with Crippen molar-refractivity contribution in [3.8, 4) is 11.5 Å². The summed E-state index contributed by atoms with van der Waals surface area (Å²) in [5.41, 5.74) is 5.65. The van der Waals surface area contributed by atoms with Gasteiger partial charge in [-0.15, -0.1) is 0 Å². The van der Waals surface area contributed by atoms with Crippen LogP contribution in [0.5, 0.6) is 11.5 Å². The number of nitrogens with zero attached hydrogens (tertiary/aromatic N) is 1. The molecule has 0 atom stereocenters. The Morgan fingerprint density at radius 1 is 0.931 bits per heavy atom. The number of hydrogen-bond donors (Lipinski definition) is 2. The number of benzene rings is 2. The number of amides is 1. The van der Waals surface area contributed by atoms with Gasteiger partial charge in [-0.25, -0.2) is 4.98 Å². The zero-order valence-corrected chi connectivity index (χ0v) is 16.7. The summed E-state index contributed by atoms with van der Waals surface area (Å²) >= 11 is 0. The van der Waals surface area contributed by atoms with Crippen LogP contribution >= 0.6 is 0 Å². The molecule has 0 radical (unpaired) electrons. The van der Waals surface area contributed by atoms with Crippen LogP contribution in [-0.2, 0) is 0 Å². The first kappa shape index (κ1) is 18.8. The van der Waals surface area contributed by atoms with Crippen LogP contribution in [0.1, 0.15) is 27.0 Å². The number of carbonyl (C=O) groups is 1. The van der Waals surface area contributed by atoms with E-state index >= 15 is 0 Å². The molecule has 3 aromatic rings. The molecule has 29 heavy (non-hydrogen) atoms. The molecule has 6 heteroatoms. The van der Waals surface area contributed by atoms with Gasteiger partial charge in [-0.05, 0) is 56.2 Å². The molecule has 1 aliphatic rings. The van der Waals surface area contributed by atoms with E-state index in [0.29, 0.717) is 41.8 Å². The normalized spacial score (nSPS) is 12.4. The monoisotopic (exact) mass is 389 g/mol. The zero-order chi connectivity index (χ0) is 20.4. The van der Waals surface area contributed by atoms with Crippen LogP contribution in [0.15, 0.2) is 48.7 Å². The van der Waals surface area contributed by atoms with E-state index in [1.165, 1.54) is 5.56 Å². The molecule has 1 aliphatic heterocycles. The van der Waals surface area contributed by atoms with Gasteiger partial charge < -0.3 is 20.1 Å². The Balaban J connectivity index is 1.52. The Kier molecular flexibility index (Phi) is 5.08. The number of pyridine rings is 1. The maximum Gasteiger partial charge on any atom is 0.255 e. The fraction of sp³-hybridized carbons (Fsp3) is 0.217. The number of hydrogen-bond acceptors (Lipinski definition) is 5. The minimum Gasteiger partial charge on any atom is -0.486 e. The largest absolute Gasteiger partial charge is 0.486 e. The van der Waals surface area contributed by atoms with Crippen molar-refractivity contribution >= 4 is 23.1 Å². The molecule has 0 saturated heterocycles. The van der Waals surface area contributed by atoms with E-state index in [1.54, 1.807) is 36.5 Å². The van der Waals surface area contributed by atoms with Crippen molar-refractivity contribution < 1.29 is 14.3 Å². The molecule has 0 fully saturated rings. The molecule has 0 spiro atoms. The second-order valence-corrected chi connectivity index (χ2v) is 7.14. The van der Waals surface area contributed by atoms with E-state index in [0.717, 1.165) is 16.8 Å². The third-order valence-electron chi connectivity index (χ3n) is 4.75.